The van der Waals surface area contributed by atoms with E-state index < -0.39 is 9.84 Å². The third kappa shape index (κ3) is 6.29. The van der Waals surface area contributed by atoms with Crippen molar-refractivity contribution in [2.45, 2.75) is 18.7 Å². The van der Waals surface area contributed by atoms with Gasteiger partial charge in [-0.15, -0.1) is 0 Å². The molecule has 128 valence electrons. The highest BCUT2D eigenvalue weighted by Crippen LogP contribution is 2.09. The molecule has 0 saturated carbocycles. The number of hydrogen-bond acceptors (Lipinski definition) is 5. The first-order valence-corrected chi connectivity index (χ1v) is 9.77. The molecule has 6 nitrogen and oxygen atoms in total. The zero-order valence-corrected chi connectivity index (χ0v) is 14.4. The predicted molar refractivity (Wildman–Crippen MR) is 89.2 cm³/mol. The molecule has 1 N–H and O–H groups in total. The lowest BCUT2D eigenvalue weighted by Crippen LogP contribution is -2.46. The van der Waals surface area contributed by atoms with Crippen molar-refractivity contribution in [2.24, 2.45) is 0 Å². The van der Waals surface area contributed by atoms with Gasteiger partial charge in [0.25, 0.3) is 5.91 Å². The Morgan fingerprint density at radius 2 is 2.04 bits per heavy atom. The number of rotatable bonds is 6. The van der Waals surface area contributed by atoms with Gasteiger partial charge >= 0.3 is 0 Å². The highest BCUT2D eigenvalue weighted by Gasteiger charge is 2.16. The molecule has 1 atom stereocenters. The summed E-state index contributed by atoms with van der Waals surface area (Å²) >= 11 is 0. The summed E-state index contributed by atoms with van der Waals surface area (Å²) in [6.45, 7) is 5.96. The Balaban J connectivity index is 1.93. The van der Waals surface area contributed by atoms with Crippen molar-refractivity contribution in [1.29, 1.82) is 0 Å². The number of carbonyl (C=O) groups excluding carboxylic acids is 1. The van der Waals surface area contributed by atoms with Crippen LogP contribution in [0.25, 0.3) is 0 Å². The van der Waals surface area contributed by atoms with Gasteiger partial charge in [0, 0.05) is 37.5 Å². The van der Waals surface area contributed by atoms with Gasteiger partial charge in [-0.05, 0) is 24.6 Å². The second kappa shape index (κ2) is 7.90. The first-order chi connectivity index (χ1) is 10.8. The zero-order valence-electron chi connectivity index (χ0n) is 13.6. The number of nitrogens with one attached hydrogen (secondary N) is 1. The summed E-state index contributed by atoms with van der Waals surface area (Å²) < 4.78 is 28.0. The van der Waals surface area contributed by atoms with E-state index in [2.05, 4.69) is 10.2 Å². The Kier molecular flexibility index (Phi) is 6.15. The molecule has 0 spiro atoms. The lowest BCUT2D eigenvalue weighted by atomic mass is 10.1. The summed E-state index contributed by atoms with van der Waals surface area (Å²) in [6, 6.07) is 6.77. The second-order valence-electron chi connectivity index (χ2n) is 6.06. The largest absolute Gasteiger partial charge is 0.379 e. The van der Waals surface area contributed by atoms with Gasteiger partial charge in [-0.1, -0.05) is 12.1 Å². The number of sulfone groups is 1. The van der Waals surface area contributed by atoms with E-state index in [0.717, 1.165) is 32.8 Å². The molecule has 1 saturated heterocycles. The summed E-state index contributed by atoms with van der Waals surface area (Å²) in [4.78, 5) is 14.6. The minimum Gasteiger partial charge on any atom is -0.379 e. The number of hydrogen-bond donors (Lipinski definition) is 1. The third-order valence-electron chi connectivity index (χ3n) is 3.63. The number of morpholine rings is 1. The first kappa shape index (κ1) is 17.9. The molecule has 0 aromatic heterocycles. The van der Waals surface area contributed by atoms with Crippen molar-refractivity contribution in [3.8, 4) is 0 Å². The quantitative estimate of drug-likeness (QED) is 0.824. The molecule has 1 fully saturated rings. The Bertz CT molecular complexity index is 639. The summed E-state index contributed by atoms with van der Waals surface area (Å²) in [6.07, 6.45) is 1.18. The van der Waals surface area contributed by atoms with Crippen LogP contribution in [0.1, 0.15) is 22.8 Å². The van der Waals surface area contributed by atoms with Crippen LogP contribution >= 0.6 is 0 Å². The fourth-order valence-corrected chi connectivity index (χ4v) is 3.41. The molecule has 1 aliphatic rings. The molecule has 1 aromatic carbocycles. The van der Waals surface area contributed by atoms with Gasteiger partial charge in [-0.2, -0.15) is 0 Å². The monoisotopic (exact) mass is 340 g/mol. The van der Waals surface area contributed by atoms with Gasteiger partial charge in [0.2, 0.25) is 0 Å². The van der Waals surface area contributed by atoms with Crippen molar-refractivity contribution in [2.75, 3.05) is 39.1 Å². The number of ether oxygens (including phenoxy) is 1. The molecule has 0 aliphatic carbocycles. The van der Waals surface area contributed by atoms with Crippen molar-refractivity contribution >= 4 is 15.7 Å². The molecule has 7 heteroatoms. The lowest BCUT2D eigenvalue weighted by Gasteiger charge is -2.29. The smallest absolute Gasteiger partial charge is 0.251 e. The van der Waals surface area contributed by atoms with Crippen LogP contribution in [-0.4, -0.2) is 64.4 Å². The average molecular weight is 340 g/mol. The molecule has 0 radical (unpaired) electrons. The van der Waals surface area contributed by atoms with E-state index in [4.69, 9.17) is 4.74 Å². The van der Waals surface area contributed by atoms with Crippen LogP contribution in [0.3, 0.4) is 0 Å². The lowest BCUT2D eigenvalue weighted by molar-refractivity contribution is 0.0342. The molecule has 1 aromatic rings. The SMILES string of the molecule is CC(CN1CCOCC1)NC(=O)c1cccc(CS(C)(=O)=O)c1. The second-order valence-corrected chi connectivity index (χ2v) is 8.20. The van der Waals surface area contributed by atoms with Gasteiger partial charge in [0.1, 0.15) is 0 Å². The highest BCUT2D eigenvalue weighted by molar-refractivity contribution is 7.89. The van der Waals surface area contributed by atoms with Crippen molar-refractivity contribution in [3.63, 3.8) is 0 Å². The van der Waals surface area contributed by atoms with Crippen LogP contribution in [0.5, 0.6) is 0 Å². The van der Waals surface area contributed by atoms with E-state index in [0.29, 0.717) is 11.1 Å². The summed E-state index contributed by atoms with van der Waals surface area (Å²) in [5.74, 6) is -0.238. The van der Waals surface area contributed by atoms with Gasteiger partial charge in [-0.25, -0.2) is 8.42 Å². The molecule has 1 heterocycles. The van der Waals surface area contributed by atoms with Crippen LogP contribution in [-0.2, 0) is 20.3 Å². The average Bonchev–Trinajstić information content (AvgIpc) is 2.46. The van der Waals surface area contributed by atoms with E-state index >= 15 is 0 Å². The topological polar surface area (TPSA) is 75.7 Å². The zero-order chi connectivity index (χ0) is 16.9. The fourth-order valence-electron chi connectivity index (χ4n) is 2.63. The van der Waals surface area contributed by atoms with Gasteiger partial charge < -0.3 is 10.1 Å². The Labute approximate surface area is 137 Å². The van der Waals surface area contributed by atoms with E-state index in [9.17, 15) is 13.2 Å². The number of benzene rings is 1. The molecule has 1 unspecified atom stereocenters. The van der Waals surface area contributed by atoms with Gasteiger partial charge in [0.15, 0.2) is 9.84 Å². The van der Waals surface area contributed by atoms with E-state index in [1.807, 2.05) is 6.92 Å². The molecular weight excluding hydrogens is 316 g/mol. The Morgan fingerprint density at radius 1 is 1.35 bits per heavy atom. The van der Waals surface area contributed by atoms with Crippen LogP contribution in [0.4, 0.5) is 0 Å². The Morgan fingerprint density at radius 3 is 2.70 bits per heavy atom. The van der Waals surface area contributed by atoms with Crippen molar-refractivity contribution < 1.29 is 17.9 Å². The Hall–Kier alpha value is -1.44. The van der Waals surface area contributed by atoms with E-state index in [-0.39, 0.29) is 17.7 Å². The molecule has 2 rings (SSSR count). The van der Waals surface area contributed by atoms with Crippen molar-refractivity contribution in [3.05, 3.63) is 35.4 Å². The summed E-state index contributed by atoms with van der Waals surface area (Å²) in [5, 5.41) is 2.96. The normalized spacial score (nSPS) is 17.7. The highest BCUT2D eigenvalue weighted by atomic mass is 32.2. The standard InChI is InChI=1S/C16H24N2O4S/c1-13(11-18-6-8-22-9-7-18)17-16(19)15-5-3-4-14(10-15)12-23(2,20)21/h3-5,10,13H,6-9,11-12H2,1-2H3,(H,17,19). The summed E-state index contributed by atoms with van der Waals surface area (Å²) in [7, 11) is -3.11. The maximum atomic E-state index is 12.3. The maximum absolute atomic E-state index is 12.3. The van der Waals surface area contributed by atoms with Crippen LogP contribution in [0.2, 0.25) is 0 Å². The van der Waals surface area contributed by atoms with Crippen LogP contribution in [0.15, 0.2) is 24.3 Å². The van der Waals surface area contributed by atoms with Crippen molar-refractivity contribution in [1.82, 2.24) is 10.2 Å². The third-order valence-corrected chi connectivity index (χ3v) is 4.49. The molecule has 23 heavy (non-hydrogen) atoms. The molecular formula is C16H24N2O4S. The molecule has 1 amide bonds. The molecule has 0 bridgehead atoms. The number of carbonyl (C=O) groups is 1. The van der Waals surface area contributed by atoms with Gasteiger partial charge in [-0.3, -0.25) is 9.69 Å². The van der Waals surface area contributed by atoms with Crippen LogP contribution in [0, 0.1) is 0 Å². The first-order valence-electron chi connectivity index (χ1n) is 7.71. The van der Waals surface area contributed by atoms with Gasteiger partial charge in [0.05, 0.1) is 19.0 Å². The van der Waals surface area contributed by atoms with E-state index in [1.165, 1.54) is 6.26 Å². The summed E-state index contributed by atoms with van der Waals surface area (Å²) in [5.41, 5.74) is 1.11. The maximum Gasteiger partial charge on any atom is 0.251 e. The van der Waals surface area contributed by atoms with Crippen LogP contribution < -0.4 is 5.32 Å². The minimum atomic E-state index is -3.11. The molecule has 1 aliphatic heterocycles. The fraction of sp³-hybridized carbons (Fsp3) is 0.562. The predicted octanol–water partition coefficient (Wildman–Crippen LogP) is 0.682. The number of amides is 1. The number of nitrogens with zero attached hydrogens (tertiary/aromatic N) is 1. The van der Waals surface area contributed by atoms with E-state index in [1.54, 1.807) is 24.3 Å². The minimum absolute atomic E-state index is 0.0131.